The third-order valence-electron chi connectivity index (χ3n) is 0. The molecule has 0 amide bonds. The van der Waals surface area contributed by atoms with Crippen molar-refractivity contribution in [3.8, 4) is 0 Å². The van der Waals surface area contributed by atoms with Crippen LogP contribution in [-0.2, 0) is 0 Å². The van der Waals surface area contributed by atoms with Gasteiger partial charge in [-0.25, -0.2) is 0 Å². The number of rotatable bonds is 0. The fourth-order valence-corrected chi connectivity index (χ4v) is 0. The highest BCUT2D eigenvalue weighted by molar-refractivity contribution is 6.22. The monoisotopic (exact) mass is 142 g/mol. The minimum absolute atomic E-state index is 0. The first kappa shape index (κ1) is 88.9. The van der Waals surface area contributed by atoms with Crippen LogP contribution in [0.3, 0.4) is 0 Å². The molecule has 2 heteroatoms. The lowest BCUT2D eigenvalue weighted by Crippen LogP contribution is -1.65. The van der Waals surface area contributed by atoms with Gasteiger partial charge in [0.2, 0.25) is 0 Å². The van der Waals surface area contributed by atoms with Crippen molar-refractivity contribution in [2.75, 3.05) is 0 Å². The van der Waals surface area contributed by atoms with E-state index in [0.29, 0.717) is 0 Å². The van der Waals surface area contributed by atoms with E-state index in [1.807, 2.05) is 6.55 Å². The summed E-state index contributed by atoms with van der Waals surface area (Å²) in [7, 11) is -0.583. The SMILES string of the molecule is C.C.C.C.C.C[SiH2]O. The van der Waals surface area contributed by atoms with Crippen LogP contribution in [0.1, 0.15) is 37.1 Å². The molecule has 0 aromatic carbocycles. The van der Waals surface area contributed by atoms with E-state index in [1.54, 1.807) is 0 Å². The molecule has 0 saturated carbocycles. The smallest absolute Gasteiger partial charge is 0.153 e. The van der Waals surface area contributed by atoms with Gasteiger partial charge in [-0.2, -0.15) is 0 Å². The minimum Gasteiger partial charge on any atom is -0.438 e. The van der Waals surface area contributed by atoms with Crippen molar-refractivity contribution in [3.05, 3.63) is 0 Å². The minimum atomic E-state index is -0.583. The normalized spacial score (nSPS) is 3.75. The summed E-state index contributed by atoms with van der Waals surface area (Å²) < 4.78 is 0. The Balaban J connectivity index is -0.00000000200. The predicted molar refractivity (Wildman–Crippen MR) is 50.3 cm³/mol. The number of hydrogen-bond donors (Lipinski definition) is 1. The van der Waals surface area contributed by atoms with Crippen molar-refractivity contribution in [3.63, 3.8) is 0 Å². The summed E-state index contributed by atoms with van der Waals surface area (Å²) in [4.78, 5) is 7.71. The van der Waals surface area contributed by atoms with Crippen LogP contribution in [-0.4, -0.2) is 14.6 Å². The summed E-state index contributed by atoms with van der Waals surface area (Å²) in [5.41, 5.74) is 0. The molecule has 0 aliphatic carbocycles. The molecule has 8 heavy (non-hydrogen) atoms. The first-order valence-electron chi connectivity index (χ1n) is 1.02. The van der Waals surface area contributed by atoms with Gasteiger partial charge in [0.1, 0.15) is 0 Å². The molecule has 0 unspecified atom stereocenters. The molecule has 0 rings (SSSR count). The van der Waals surface area contributed by atoms with E-state index >= 15 is 0 Å². The van der Waals surface area contributed by atoms with E-state index < -0.39 is 9.76 Å². The fraction of sp³-hybridized carbons (Fsp3) is 1.00. The van der Waals surface area contributed by atoms with Crippen LogP contribution in [0.4, 0.5) is 0 Å². The number of hydrogen-bond acceptors (Lipinski definition) is 1. The standard InChI is InChI=1S/CH6OSi.5CH4/c1-3-2;;;;;/h2H,3H2,1H3;5*1H4. The van der Waals surface area contributed by atoms with Gasteiger partial charge in [0.05, 0.1) is 0 Å². The van der Waals surface area contributed by atoms with Crippen LogP contribution < -0.4 is 0 Å². The second kappa shape index (κ2) is 198. The molecule has 1 nitrogen and oxygen atoms in total. The van der Waals surface area contributed by atoms with Crippen molar-refractivity contribution in [1.82, 2.24) is 0 Å². The molecule has 0 atom stereocenters. The van der Waals surface area contributed by atoms with E-state index in [-0.39, 0.29) is 37.1 Å². The molecule has 0 saturated heterocycles. The van der Waals surface area contributed by atoms with Crippen molar-refractivity contribution < 1.29 is 4.80 Å². The summed E-state index contributed by atoms with van der Waals surface area (Å²) in [6.45, 7) is 1.82. The Hall–Kier alpha value is 0.177. The van der Waals surface area contributed by atoms with E-state index in [9.17, 15) is 0 Å². The highest BCUT2D eigenvalue weighted by Gasteiger charge is 1.39. The van der Waals surface area contributed by atoms with E-state index in [4.69, 9.17) is 4.80 Å². The highest BCUT2D eigenvalue weighted by Crippen LogP contribution is 1.24. The van der Waals surface area contributed by atoms with Gasteiger partial charge in [-0.05, 0) is 0 Å². The Morgan fingerprint density at radius 2 is 0.875 bits per heavy atom. The Morgan fingerprint density at radius 1 is 0.875 bits per heavy atom. The van der Waals surface area contributed by atoms with Gasteiger partial charge < -0.3 is 4.80 Å². The second-order valence-corrected chi connectivity index (χ2v) is 0.949. The summed E-state index contributed by atoms with van der Waals surface area (Å²) in [6, 6.07) is 0. The molecule has 0 radical (unpaired) electrons. The van der Waals surface area contributed by atoms with Gasteiger partial charge in [-0.15, -0.1) is 0 Å². The topological polar surface area (TPSA) is 20.2 Å². The van der Waals surface area contributed by atoms with Crippen LogP contribution in [0.2, 0.25) is 6.55 Å². The van der Waals surface area contributed by atoms with Crippen molar-refractivity contribution in [2.24, 2.45) is 0 Å². The van der Waals surface area contributed by atoms with Crippen LogP contribution in [0.15, 0.2) is 0 Å². The molecular weight excluding hydrogens is 116 g/mol. The average molecular weight is 142 g/mol. The van der Waals surface area contributed by atoms with Gasteiger partial charge in [0.25, 0.3) is 0 Å². The summed E-state index contributed by atoms with van der Waals surface area (Å²) in [5.74, 6) is 0. The third-order valence-corrected chi connectivity index (χ3v) is 0. The Morgan fingerprint density at radius 3 is 0.875 bits per heavy atom. The van der Waals surface area contributed by atoms with Gasteiger partial charge in [0.15, 0.2) is 9.76 Å². The second-order valence-electron chi connectivity index (χ2n) is 0.316. The molecule has 0 fully saturated rings. The Kier molecular flexibility index (Phi) is 2200. The molecule has 0 spiro atoms. The molecular formula is C6H26OSi. The zero-order chi connectivity index (χ0) is 2.71. The molecule has 0 aliphatic heterocycles. The van der Waals surface area contributed by atoms with Crippen LogP contribution in [0.25, 0.3) is 0 Å². The molecule has 0 aromatic rings. The first-order chi connectivity index (χ1) is 1.41. The molecule has 0 aromatic heterocycles. The molecule has 1 N–H and O–H groups in total. The van der Waals surface area contributed by atoms with Crippen molar-refractivity contribution in [2.45, 2.75) is 43.7 Å². The van der Waals surface area contributed by atoms with Gasteiger partial charge >= 0.3 is 0 Å². The van der Waals surface area contributed by atoms with Crippen molar-refractivity contribution >= 4 is 9.76 Å². The fourth-order valence-electron chi connectivity index (χ4n) is 0. The maximum absolute atomic E-state index is 7.71. The van der Waals surface area contributed by atoms with E-state index in [1.165, 1.54) is 0 Å². The summed E-state index contributed by atoms with van der Waals surface area (Å²) >= 11 is 0. The lowest BCUT2D eigenvalue weighted by molar-refractivity contribution is 0.610. The lowest BCUT2D eigenvalue weighted by Gasteiger charge is -1.49. The highest BCUT2D eigenvalue weighted by atomic mass is 28.2. The van der Waals surface area contributed by atoms with Crippen molar-refractivity contribution in [1.29, 1.82) is 0 Å². The zero-order valence-corrected chi connectivity index (χ0v) is 3.57. The lowest BCUT2D eigenvalue weighted by atomic mass is 11.9. The predicted octanol–water partition coefficient (Wildman–Crippen LogP) is 2.29. The Labute approximate surface area is 59.1 Å². The Bertz CT molecular complexity index is 8.49. The average Bonchev–Trinajstić information content (AvgIpc) is 0.918. The third kappa shape index (κ3) is 5290. The van der Waals surface area contributed by atoms with Crippen LogP contribution in [0, 0.1) is 0 Å². The van der Waals surface area contributed by atoms with Gasteiger partial charge in [0, 0.05) is 0 Å². The molecule has 0 aliphatic rings. The summed E-state index contributed by atoms with van der Waals surface area (Å²) in [6.07, 6.45) is 0. The van der Waals surface area contributed by atoms with Crippen LogP contribution in [0.5, 0.6) is 0 Å². The van der Waals surface area contributed by atoms with E-state index in [0.717, 1.165) is 0 Å². The maximum atomic E-state index is 7.71. The van der Waals surface area contributed by atoms with Gasteiger partial charge in [-0.1, -0.05) is 43.7 Å². The largest absolute Gasteiger partial charge is 0.438 e. The maximum Gasteiger partial charge on any atom is 0.153 e. The van der Waals surface area contributed by atoms with Gasteiger partial charge in [-0.3, -0.25) is 0 Å². The van der Waals surface area contributed by atoms with Crippen LogP contribution >= 0.6 is 0 Å². The summed E-state index contributed by atoms with van der Waals surface area (Å²) in [5, 5.41) is 0. The quantitative estimate of drug-likeness (QED) is 0.515. The van der Waals surface area contributed by atoms with E-state index in [2.05, 4.69) is 0 Å². The molecule has 0 heterocycles. The first-order valence-corrected chi connectivity index (χ1v) is 3.07. The molecule has 60 valence electrons. The molecule has 0 bridgehead atoms. The zero-order valence-electron chi connectivity index (χ0n) is 2.15.